The van der Waals surface area contributed by atoms with Gasteiger partial charge < -0.3 is 4.90 Å². The minimum absolute atomic E-state index is 0.139. The van der Waals surface area contributed by atoms with Crippen molar-refractivity contribution in [2.45, 2.75) is 52.0 Å². The largest absolute Gasteiger partial charge is 0.366 e. The van der Waals surface area contributed by atoms with E-state index in [9.17, 15) is 0 Å². The first-order valence-corrected chi connectivity index (χ1v) is 7.29. The predicted octanol–water partition coefficient (Wildman–Crippen LogP) is 4.71. The molecule has 0 amide bonds. The van der Waals surface area contributed by atoms with E-state index >= 15 is 0 Å². The highest BCUT2D eigenvalue weighted by molar-refractivity contribution is 6.32. The summed E-state index contributed by atoms with van der Waals surface area (Å²) in [4.78, 5) is 2.44. The molecule has 0 N–H and O–H groups in total. The second kappa shape index (κ2) is 5.06. The Morgan fingerprint density at radius 3 is 2.74 bits per heavy atom. The lowest BCUT2D eigenvalue weighted by atomic mass is 9.79. The van der Waals surface area contributed by atoms with Crippen molar-refractivity contribution in [1.29, 1.82) is 5.26 Å². The quantitative estimate of drug-likeness (QED) is 0.782. The van der Waals surface area contributed by atoms with Crippen molar-refractivity contribution >= 4 is 17.3 Å². The normalized spacial score (nSPS) is 20.8. The summed E-state index contributed by atoms with van der Waals surface area (Å²) >= 11 is 6.22. The monoisotopic (exact) mass is 276 g/mol. The summed E-state index contributed by atoms with van der Waals surface area (Å²) in [6, 6.07) is 6.13. The summed E-state index contributed by atoms with van der Waals surface area (Å²) in [5.74, 6) is 0.461. The van der Waals surface area contributed by atoms with Crippen molar-refractivity contribution in [1.82, 2.24) is 0 Å². The average Bonchev–Trinajstić information content (AvgIpc) is 2.33. The van der Waals surface area contributed by atoms with Gasteiger partial charge in [0.25, 0.3) is 0 Å². The van der Waals surface area contributed by atoms with Crippen LogP contribution >= 0.6 is 11.6 Å². The highest BCUT2D eigenvalue weighted by atomic mass is 35.5. The molecule has 0 aromatic heterocycles. The van der Waals surface area contributed by atoms with Gasteiger partial charge in [-0.15, -0.1) is 0 Å². The average molecular weight is 277 g/mol. The van der Waals surface area contributed by atoms with E-state index in [0.717, 1.165) is 19.4 Å². The van der Waals surface area contributed by atoms with E-state index in [2.05, 4.69) is 38.7 Å². The van der Waals surface area contributed by atoms with Gasteiger partial charge >= 0.3 is 0 Å². The third kappa shape index (κ3) is 2.44. The maximum Gasteiger partial charge on any atom is 0.101 e. The Hall–Kier alpha value is -1.20. The van der Waals surface area contributed by atoms with Gasteiger partial charge in [-0.3, -0.25) is 0 Å². The van der Waals surface area contributed by atoms with Crippen LogP contribution in [0.1, 0.15) is 57.6 Å². The van der Waals surface area contributed by atoms with Crippen LogP contribution in [0.2, 0.25) is 5.02 Å². The van der Waals surface area contributed by atoms with Crippen molar-refractivity contribution in [2.75, 3.05) is 11.4 Å². The van der Waals surface area contributed by atoms with Crippen molar-refractivity contribution < 1.29 is 0 Å². The van der Waals surface area contributed by atoms with Crippen LogP contribution in [-0.2, 0) is 0 Å². The SMILES string of the molecule is CCCN1c2cc(Cl)c(C#N)cc2[C@H](C)CC1(C)C. The molecular formula is C16H21ClN2. The van der Waals surface area contributed by atoms with E-state index in [1.807, 2.05) is 12.1 Å². The molecule has 0 bridgehead atoms. The second-order valence-electron chi connectivity index (χ2n) is 6.07. The molecule has 19 heavy (non-hydrogen) atoms. The van der Waals surface area contributed by atoms with Gasteiger partial charge in [0.2, 0.25) is 0 Å². The number of nitriles is 1. The molecule has 2 nitrogen and oxygen atoms in total. The fraction of sp³-hybridized carbons (Fsp3) is 0.562. The summed E-state index contributed by atoms with van der Waals surface area (Å²) in [6.07, 6.45) is 2.21. The van der Waals surface area contributed by atoms with Crippen LogP contribution in [0.15, 0.2) is 12.1 Å². The maximum absolute atomic E-state index is 9.13. The second-order valence-corrected chi connectivity index (χ2v) is 6.48. The summed E-state index contributed by atoms with van der Waals surface area (Å²) in [6.45, 7) is 10.0. The van der Waals surface area contributed by atoms with E-state index in [1.165, 1.54) is 11.3 Å². The van der Waals surface area contributed by atoms with Crippen LogP contribution in [0.3, 0.4) is 0 Å². The molecule has 0 fully saturated rings. The topological polar surface area (TPSA) is 27.0 Å². The maximum atomic E-state index is 9.13. The van der Waals surface area contributed by atoms with Crippen LogP contribution < -0.4 is 4.90 Å². The van der Waals surface area contributed by atoms with Crippen molar-refractivity contribution in [3.63, 3.8) is 0 Å². The number of halogens is 1. The zero-order valence-electron chi connectivity index (χ0n) is 12.1. The van der Waals surface area contributed by atoms with E-state index in [-0.39, 0.29) is 5.54 Å². The first-order valence-electron chi connectivity index (χ1n) is 6.92. The molecule has 2 rings (SSSR count). The molecule has 1 aromatic rings. The molecule has 0 aliphatic carbocycles. The molecule has 0 saturated carbocycles. The molecule has 0 radical (unpaired) electrons. The Morgan fingerprint density at radius 1 is 1.47 bits per heavy atom. The molecule has 1 aliphatic rings. The number of anilines is 1. The lowest BCUT2D eigenvalue weighted by Crippen LogP contribution is -2.48. The van der Waals surface area contributed by atoms with Gasteiger partial charge in [-0.1, -0.05) is 25.4 Å². The molecule has 0 unspecified atom stereocenters. The van der Waals surface area contributed by atoms with Gasteiger partial charge in [0.15, 0.2) is 0 Å². The Bertz CT molecular complexity index is 528. The van der Waals surface area contributed by atoms with Gasteiger partial charge in [-0.25, -0.2) is 0 Å². The lowest BCUT2D eigenvalue weighted by Gasteiger charge is -2.47. The van der Waals surface area contributed by atoms with E-state index < -0.39 is 0 Å². The van der Waals surface area contributed by atoms with Crippen molar-refractivity contribution in [3.05, 3.63) is 28.3 Å². The van der Waals surface area contributed by atoms with Crippen LogP contribution in [0.25, 0.3) is 0 Å². The number of rotatable bonds is 2. The standard InChI is InChI=1S/C16H21ClN2/c1-5-6-19-15-8-14(17)12(10-18)7-13(15)11(2)9-16(19,3)4/h7-8,11H,5-6,9H2,1-4H3/t11-/m1/s1. The van der Waals surface area contributed by atoms with Gasteiger partial charge in [-0.05, 0) is 50.3 Å². The van der Waals surface area contributed by atoms with Crippen molar-refractivity contribution in [3.8, 4) is 6.07 Å². The minimum atomic E-state index is 0.139. The first kappa shape index (κ1) is 14.2. The molecule has 102 valence electrons. The van der Waals surface area contributed by atoms with Crippen LogP contribution in [0.4, 0.5) is 5.69 Å². The Labute approximate surface area is 121 Å². The third-order valence-electron chi connectivity index (χ3n) is 4.04. The summed E-state index contributed by atoms with van der Waals surface area (Å²) in [5, 5.41) is 9.69. The zero-order valence-corrected chi connectivity index (χ0v) is 12.9. The lowest BCUT2D eigenvalue weighted by molar-refractivity contribution is 0.376. The van der Waals surface area contributed by atoms with Crippen LogP contribution in [0.5, 0.6) is 0 Å². The summed E-state index contributed by atoms with van der Waals surface area (Å²) in [7, 11) is 0. The Balaban J connectivity index is 2.59. The molecule has 0 saturated heterocycles. The Kier molecular flexibility index (Phi) is 3.78. The molecule has 3 heteroatoms. The molecule has 1 aromatic carbocycles. The number of hydrogen-bond donors (Lipinski definition) is 0. The molecular weight excluding hydrogens is 256 g/mol. The highest BCUT2D eigenvalue weighted by Crippen LogP contribution is 2.45. The van der Waals surface area contributed by atoms with Gasteiger partial charge in [0, 0.05) is 17.8 Å². The van der Waals surface area contributed by atoms with E-state index in [1.54, 1.807) is 0 Å². The minimum Gasteiger partial charge on any atom is -0.366 e. The third-order valence-corrected chi connectivity index (χ3v) is 4.35. The van der Waals surface area contributed by atoms with Gasteiger partial charge in [0.1, 0.15) is 6.07 Å². The number of fused-ring (bicyclic) bond motifs is 1. The van der Waals surface area contributed by atoms with Gasteiger partial charge in [-0.2, -0.15) is 5.26 Å². The van der Waals surface area contributed by atoms with Crippen molar-refractivity contribution in [2.24, 2.45) is 0 Å². The van der Waals surface area contributed by atoms with E-state index in [4.69, 9.17) is 16.9 Å². The van der Waals surface area contributed by atoms with Crippen LogP contribution in [-0.4, -0.2) is 12.1 Å². The number of hydrogen-bond acceptors (Lipinski definition) is 2. The predicted molar refractivity (Wildman–Crippen MR) is 80.9 cm³/mol. The van der Waals surface area contributed by atoms with Gasteiger partial charge in [0.05, 0.1) is 10.6 Å². The summed E-state index contributed by atoms with van der Waals surface area (Å²) < 4.78 is 0. The molecule has 0 spiro atoms. The Morgan fingerprint density at radius 2 is 2.16 bits per heavy atom. The summed E-state index contributed by atoms with van der Waals surface area (Å²) in [5.41, 5.74) is 3.19. The molecule has 1 aliphatic heterocycles. The highest BCUT2D eigenvalue weighted by Gasteiger charge is 2.36. The smallest absolute Gasteiger partial charge is 0.101 e. The molecule has 1 heterocycles. The first-order chi connectivity index (χ1) is 8.90. The molecule has 1 atom stereocenters. The zero-order chi connectivity index (χ0) is 14.2. The number of nitrogens with zero attached hydrogens (tertiary/aromatic N) is 2. The van der Waals surface area contributed by atoms with E-state index in [0.29, 0.717) is 16.5 Å². The number of benzene rings is 1. The fourth-order valence-corrected chi connectivity index (χ4v) is 3.44. The fourth-order valence-electron chi connectivity index (χ4n) is 3.24. The van der Waals surface area contributed by atoms with Crippen LogP contribution in [0, 0.1) is 11.3 Å².